The molecule has 8 nitrogen and oxygen atoms in total. The van der Waals surface area contributed by atoms with Crippen LogP contribution in [0.4, 0.5) is 0 Å². The molecule has 1 aromatic heterocycles. The number of rotatable bonds is 4. The molecule has 1 amide bonds. The fraction of sp³-hybridized carbons (Fsp3) is 0.500. The number of amides is 1. The second-order valence-electron chi connectivity index (χ2n) is 6.25. The lowest BCUT2D eigenvalue weighted by Crippen LogP contribution is -2.53. The molecule has 136 valence electrons. The van der Waals surface area contributed by atoms with Gasteiger partial charge in [-0.3, -0.25) is 4.79 Å². The van der Waals surface area contributed by atoms with Crippen molar-refractivity contribution in [3.63, 3.8) is 0 Å². The van der Waals surface area contributed by atoms with Crippen LogP contribution in [0.5, 0.6) is 0 Å². The van der Waals surface area contributed by atoms with Gasteiger partial charge in [-0.2, -0.15) is 17.0 Å². The molecule has 0 radical (unpaired) electrons. The van der Waals surface area contributed by atoms with Gasteiger partial charge in [0.2, 0.25) is 0 Å². The predicted octanol–water partition coefficient (Wildman–Crippen LogP) is 0.690. The third kappa shape index (κ3) is 3.39. The second kappa shape index (κ2) is 6.74. The fourth-order valence-corrected chi connectivity index (χ4v) is 3.98. The van der Waals surface area contributed by atoms with Gasteiger partial charge >= 0.3 is 0 Å². The van der Waals surface area contributed by atoms with E-state index in [1.165, 1.54) is 22.7 Å². The van der Waals surface area contributed by atoms with E-state index in [0.717, 1.165) is 23.3 Å². The van der Waals surface area contributed by atoms with Crippen molar-refractivity contribution in [2.45, 2.75) is 13.3 Å². The average molecular weight is 365 g/mol. The summed E-state index contributed by atoms with van der Waals surface area (Å²) in [6.07, 6.45) is 0.806. The molecule has 0 atom stereocenters. The van der Waals surface area contributed by atoms with E-state index in [1.807, 2.05) is 19.1 Å². The van der Waals surface area contributed by atoms with Crippen LogP contribution in [-0.4, -0.2) is 78.1 Å². The first-order valence-electron chi connectivity index (χ1n) is 8.28. The van der Waals surface area contributed by atoms with Gasteiger partial charge in [0.25, 0.3) is 16.1 Å². The van der Waals surface area contributed by atoms with Crippen LogP contribution < -0.4 is 0 Å². The largest absolute Gasteiger partial charge is 0.342 e. The second-order valence-corrected chi connectivity index (χ2v) is 8.39. The average Bonchev–Trinajstić information content (AvgIpc) is 3.03. The molecule has 0 spiro atoms. The highest BCUT2D eigenvalue weighted by molar-refractivity contribution is 7.86. The molecule has 1 aliphatic heterocycles. The van der Waals surface area contributed by atoms with Crippen molar-refractivity contribution >= 4 is 27.1 Å². The SMILES string of the molecule is CCc1nc2ccc(C(=O)N3CCN(S(=O)(=O)N(C)C)CC3)cc2[nH]1. The summed E-state index contributed by atoms with van der Waals surface area (Å²) in [5.74, 6) is 0.804. The number of aryl methyl sites for hydroxylation is 1. The molecule has 2 aromatic rings. The molecule has 0 aliphatic carbocycles. The summed E-state index contributed by atoms with van der Waals surface area (Å²) >= 11 is 0. The van der Waals surface area contributed by atoms with Gasteiger partial charge in [0.15, 0.2) is 0 Å². The van der Waals surface area contributed by atoms with Crippen molar-refractivity contribution in [2.24, 2.45) is 0 Å². The quantitative estimate of drug-likeness (QED) is 0.863. The van der Waals surface area contributed by atoms with Gasteiger partial charge < -0.3 is 9.88 Å². The summed E-state index contributed by atoms with van der Waals surface area (Å²) in [5, 5.41) is 0. The summed E-state index contributed by atoms with van der Waals surface area (Å²) in [6.45, 7) is 3.39. The number of H-pyrrole nitrogens is 1. The number of aromatic amines is 1. The molecular formula is C16H23N5O3S. The van der Waals surface area contributed by atoms with Crippen LogP contribution in [-0.2, 0) is 16.6 Å². The summed E-state index contributed by atoms with van der Waals surface area (Å²) in [6, 6.07) is 5.42. The van der Waals surface area contributed by atoms with E-state index in [1.54, 1.807) is 11.0 Å². The minimum Gasteiger partial charge on any atom is -0.342 e. The summed E-state index contributed by atoms with van der Waals surface area (Å²) < 4.78 is 26.9. The molecule has 3 rings (SSSR count). The number of fused-ring (bicyclic) bond motifs is 1. The van der Waals surface area contributed by atoms with E-state index in [9.17, 15) is 13.2 Å². The van der Waals surface area contributed by atoms with Crippen LogP contribution >= 0.6 is 0 Å². The number of hydrogen-bond acceptors (Lipinski definition) is 4. The highest BCUT2D eigenvalue weighted by Crippen LogP contribution is 2.17. The molecule has 25 heavy (non-hydrogen) atoms. The van der Waals surface area contributed by atoms with E-state index < -0.39 is 10.2 Å². The number of imidazole rings is 1. The Morgan fingerprint density at radius 2 is 1.92 bits per heavy atom. The summed E-state index contributed by atoms with van der Waals surface area (Å²) in [4.78, 5) is 22.1. The van der Waals surface area contributed by atoms with Gasteiger partial charge in [0.1, 0.15) is 5.82 Å². The first kappa shape index (κ1) is 17.8. The zero-order valence-corrected chi connectivity index (χ0v) is 15.5. The van der Waals surface area contributed by atoms with Gasteiger partial charge in [-0.25, -0.2) is 4.98 Å². The van der Waals surface area contributed by atoms with Crippen molar-refractivity contribution < 1.29 is 13.2 Å². The number of carbonyl (C=O) groups excluding carboxylic acids is 1. The number of nitrogens with one attached hydrogen (secondary N) is 1. The maximum Gasteiger partial charge on any atom is 0.281 e. The topological polar surface area (TPSA) is 89.6 Å². The Hall–Kier alpha value is -1.97. The van der Waals surface area contributed by atoms with Crippen molar-refractivity contribution in [3.8, 4) is 0 Å². The normalized spacial score (nSPS) is 16.7. The Labute approximate surface area is 147 Å². The minimum atomic E-state index is -3.43. The van der Waals surface area contributed by atoms with E-state index in [2.05, 4.69) is 9.97 Å². The Kier molecular flexibility index (Phi) is 4.81. The zero-order valence-electron chi connectivity index (χ0n) is 14.7. The summed E-state index contributed by atoms with van der Waals surface area (Å²) in [7, 11) is -0.405. The maximum absolute atomic E-state index is 12.7. The van der Waals surface area contributed by atoms with Crippen LogP contribution in [0, 0.1) is 0 Å². The highest BCUT2D eigenvalue weighted by atomic mass is 32.2. The molecule has 1 fully saturated rings. The Morgan fingerprint density at radius 3 is 2.52 bits per heavy atom. The van der Waals surface area contributed by atoms with Gasteiger partial charge in [-0.15, -0.1) is 0 Å². The maximum atomic E-state index is 12.7. The van der Waals surface area contributed by atoms with E-state index in [4.69, 9.17) is 0 Å². The lowest BCUT2D eigenvalue weighted by atomic mass is 10.1. The van der Waals surface area contributed by atoms with Crippen molar-refractivity contribution in [1.82, 2.24) is 23.5 Å². The molecule has 0 unspecified atom stereocenters. The number of nitrogens with zero attached hydrogens (tertiary/aromatic N) is 4. The van der Waals surface area contributed by atoms with Crippen LogP contribution in [0.15, 0.2) is 18.2 Å². The molecule has 9 heteroatoms. The van der Waals surface area contributed by atoms with Gasteiger partial charge in [0, 0.05) is 52.3 Å². The minimum absolute atomic E-state index is 0.0866. The highest BCUT2D eigenvalue weighted by Gasteiger charge is 2.30. The Bertz CT molecular complexity index is 882. The first-order valence-corrected chi connectivity index (χ1v) is 9.68. The molecule has 1 saturated heterocycles. The van der Waals surface area contributed by atoms with Crippen LogP contribution in [0.3, 0.4) is 0 Å². The molecule has 0 bridgehead atoms. The van der Waals surface area contributed by atoms with Crippen LogP contribution in [0.1, 0.15) is 23.1 Å². The standard InChI is InChI=1S/C16H23N5O3S/c1-4-15-17-13-6-5-12(11-14(13)18-15)16(22)20-7-9-21(10-8-20)25(23,24)19(2)3/h5-6,11H,4,7-10H2,1-3H3,(H,17,18). The Morgan fingerprint density at radius 1 is 1.24 bits per heavy atom. The number of piperazine rings is 1. The molecule has 1 aromatic carbocycles. The van der Waals surface area contributed by atoms with Gasteiger partial charge in [-0.05, 0) is 18.2 Å². The van der Waals surface area contributed by atoms with Crippen molar-refractivity contribution in [1.29, 1.82) is 0 Å². The number of aromatic nitrogens is 2. The molecule has 0 saturated carbocycles. The third-order valence-electron chi connectivity index (χ3n) is 4.43. The molecule has 1 aliphatic rings. The van der Waals surface area contributed by atoms with Crippen LogP contribution in [0.2, 0.25) is 0 Å². The number of benzene rings is 1. The number of hydrogen-bond donors (Lipinski definition) is 1. The zero-order chi connectivity index (χ0) is 18.2. The monoisotopic (exact) mass is 365 g/mol. The fourth-order valence-electron chi connectivity index (χ4n) is 2.90. The van der Waals surface area contributed by atoms with Gasteiger partial charge in [-0.1, -0.05) is 6.92 Å². The van der Waals surface area contributed by atoms with Crippen molar-refractivity contribution in [2.75, 3.05) is 40.3 Å². The summed E-state index contributed by atoms with van der Waals surface area (Å²) in [5.41, 5.74) is 2.27. The van der Waals surface area contributed by atoms with Crippen molar-refractivity contribution in [3.05, 3.63) is 29.6 Å². The predicted molar refractivity (Wildman–Crippen MR) is 95.6 cm³/mol. The van der Waals surface area contributed by atoms with Crippen LogP contribution in [0.25, 0.3) is 11.0 Å². The van der Waals surface area contributed by atoms with Gasteiger partial charge in [0.05, 0.1) is 11.0 Å². The van der Waals surface area contributed by atoms with E-state index >= 15 is 0 Å². The number of carbonyl (C=O) groups is 1. The lowest BCUT2D eigenvalue weighted by molar-refractivity contribution is 0.0695. The molecular weight excluding hydrogens is 342 g/mol. The van der Waals surface area contributed by atoms with E-state index in [-0.39, 0.29) is 5.91 Å². The van der Waals surface area contributed by atoms with E-state index in [0.29, 0.717) is 31.7 Å². The Balaban J connectivity index is 1.72. The first-order chi connectivity index (χ1) is 11.8. The lowest BCUT2D eigenvalue weighted by Gasteiger charge is -2.35. The molecule has 1 N–H and O–H groups in total. The molecule has 2 heterocycles. The smallest absolute Gasteiger partial charge is 0.281 e. The third-order valence-corrected chi connectivity index (χ3v) is 6.37.